The average Bonchev–Trinajstić information content (AvgIpc) is 2.30. The quantitative estimate of drug-likeness (QED) is 0.898. The molecule has 0 amide bonds. The van der Waals surface area contributed by atoms with E-state index in [9.17, 15) is 4.39 Å². The number of aliphatic hydroxyl groups is 1. The number of hydrogen-bond acceptors (Lipinski definition) is 4. The summed E-state index contributed by atoms with van der Waals surface area (Å²) in [6.07, 6.45) is 2.98. The molecule has 2 rings (SSSR count). The molecule has 100 valence electrons. The van der Waals surface area contributed by atoms with Gasteiger partial charge in [-0.15, -0.1) is 0 Å². The lowest BCUT2D eigenvalue weighted by atomic mass is 10.0. The van der Waals surface area contributed by atoms with Crippen molar-refractivity contribution in [3.05, 3.63) is 23.6 Å². The topological polar surface area (TPSA) is 51.6 Å². The Morgan fingerprint density at radius 2 is 2.11 bits per heavy atom. The molecule has 1 N–H and O–H groups in total. The highest BCUT2D eigenvalue weighted by atomic mass is 19.1. The third-order valence-electron chi connectivity index (χ3n) is 3.04. The van der Waals surface area contributed by atoms with E-state index in [0.29, 0.717) is 0 Å². The Morgan fingerprint density at radius 3 is 2.72 bits per heavy atom. The molecule has 2 atom stereocenters. The number of halogens is 1. The van der Waals surface area contributed by atoms with Gasteiger partial charge in [-0.25, -0.2) is 9.37 Å². The normalized spacial score (nSPS) is 28.1. The Hall–Kier alpha value is -1.20. The predicted molar refractivity (Wildman–Crippen MR) is 63.8 cm³/mol. The van der Waals surface area contributed by atoms with Crippen molar-refractivity contribution in [1.82, 2.24) is 4.98 Å². The SMILES string of the molecule is CC1CC(Oc2nccc(CO)c2F)CC(C)O1. The minimum absolute atomic E-state index is 0.0344. The minimum atomic E-state index is -0.577. The summed E-state index contributed by atoms with van der Waals surface area (Å²) in [6.45, 7) is 3.59. The number of rotatable bonds is 3. The average molecular weight is 255 g/mol. The summed E-state index contributed by atoms with van der Waals surface area (Å²) in [4.78, 5) is 3.88. The molecular formula is C13H18FNO3. The van der Waals surface area contributed by atoms with Gasteiger partial charge in [0.2, 0.25) is 0 Å². The monoisotopic (exact) mass is 255 g/mol. The molecule has 1 fully saturated rings. The standard InChI is InChI=1S/C13H18FNO3/c1-8-5-11(6-9(2)17-8)18-13-12(14)10(7-16)3-4-15-13/h3-4,8-9,11,16H,5-7H2,1-2H3. The van der Waals surface area contributed by atoms with Gasteiger partial charge in [-0.1, -0.05) is 0 Å². The second-order valence-corrected chi connectivity index (χ2v) is 4.72. The van der Waals surface area contributed by atoms with E-state index >= 15 is 0 Å². The first-order valence-corrected chi connectivity index (χ1v) is 6.16. The van der Waals surface area contributed by atoms with Crippen molar-refractivity contribution in [1.29, 1.82) is 0 Å². The molecule has 1 aliphatic rings. The number of ether oxygens (including phenoxy) is 2. The molecule has 1 aliphatic heterocycles. The lowest BCUT2D eigenvalue weighted by Gasteiger charge is -2.32. The van der Waals surface area contributed by atoms with E-state index in [4.69, 9.17) is 14.6 Å². The predicted octanol–water partition coefficient (Wildman–Crippen LogP) is 2.05. The maximum atomic E-state index is 13.8. The lowest BCUT2D eigenvalue weighted by Crippen LogP contribution is -2.36. The van der Waals surface area contributed by atoms with Crippen LogP contribution in [0.4, 0.5) is 4.39 Å². The Kier molecular flexibility index (Phi) is 4.14. The van der Waals surface area contributed by atoms with Crippen LogP contribution in [0, 0.1) is 5.82 Å². The van der Waals surface area contributed by atoms with Crippen molar-refractivity contribution in [2.45, 2.75) is 51.6 Å². The molecule has 1 saturated heterocycles. The van der Waals surface area contributed by atoms with Crippen LogP contribution in [-0.2, 0) is 11.3 Å². The number of aliphatic hydroxyl groups excluding tert-OH is 1. The minimum Gasteiger partial charge on any atom is -0.472 e. The van der Waals surface area contributed by atoms with Gasteiger partial charge in [0.25, 0.3) is 5.88 Å². The first-order chi connectivity index (χ1) is 8.60. The Bertz CT molecular complexity index is 403. The van der Waals surface area contributed by atoms with Gasteiger partial charge in [-0.05, 0) is 19.9 Å². The van der Waals surface area contributed by atoms with Crippen LogP contribution in [0.25, 0.3) is 0 Å². The summed E-state index contributed by atoms with van der Waals surface area (Å²) >= 11 is 0. The van der Waals surface area contributed by atoms with Crippen LogP contribution in [0.3, 0.4) is 0 Å². The fourth-order valence-corrected chi connectivity index (χ4v) is 2.26. The number of hydrogen-bond donors (Lipinski definition) is 1. The van der Waals surface area contributed by atoms with Gasteiger partial charge in [0.1, 0.15) is 6.10 Å². The summed E-state index contributed by atoms with van der Waals surface area (Å²) in [5, 5.41) is 8.99. The Balaban J connectivity index is 2.09. The largest absolute Gasteiger partial charge is 0.472 e. The first-order valence-electron chi connectivity index (χ1n) is 6.16. The molecule has 4 nitrogen and oxygen atoms in total. The van der Waals surface area contributed by atoms with Crippen LogP contribution in [-0.4, -0.2) is 28.4 Å². The summed E-state index contributed by atoms with van der Waals surface area (Å²) in [5.41, 5.74) is 0.202. The molecule has 1 aromatic heterocycles. The summed E-state index contributed by atoms with van der Waals surface area (Å²) in [7, 11) is 0. The molecule has 0 bridgehead atoms. The molecule has 5 heteroatoms. The molecular weight excluding hydrogens is 237 g/mol. The van der Waals surface area contributed by atoms with Gasteiger partial charge in [-0.3, -0.25) is 0 Å². The zero-order chi connectivity index (χ0) is 13.1. The summed E-state index contributed by atoms with van der Waals surface area (Å²) in [6, 6.07) is 1.44. The molecule has 18 heavy (non-hydrogen) atoms. The van der Waals surface area contributed by atoms with E-state index in [1.54, 1.807) is 0 Å². The molecule has 1 aromatic rings. The lowest BCUT2D eigenvalue weighted by molar-refractivity contribution is -0.0737. The molecule has 2 heterocycles. The zero-order valence-electron chi connectivity index (χ0n) is 10.6. The fraction of sp³-hybridized carbons (Fsp3) is 0.615. The molecule has 0 saturated carbocycles. The maximum absolute atomic E-state index is 13.8. The summed E-state index contributed by atoms with van der Waals surface area (Å²) in [5.74, 6) is -0.611. The molecule has 0 radical (unpaired) electrons. The fourth-order valence-electron chi connectivity index (χ4n) is 2.26. The van der Waals surface area contributed by atoms with E-state index in [1.807, 2.05) is 13.8 Å². The van der Waals surface area contributed by atoms with Crippen molar-refractivity contribution in [3.8, 4) is 5.88 Å². The third kappa shape index (κ3) is 2.97. The molecule has 0 spiro atoms. The van der Waals surface area contributed by atoms with Crippen LogP contribution >= 0.6 is 0 Å². The Labute approximate surface area is 106 Å². The molecule has 0 aliphatic carbocycles. The van der Waals surface area contributed by atoms with Crippen molar-refractivity contribution in [3.63, 3.8) is 0 Å². The first kappa shape index (κ1) is 13.2. The number of aromatic nitrogens is 1. The number of nitrogens with zero attached hydrogens (tertiary/aromatic N) is 1. The smallest absolute Gasteiger partial charge is 0.251 e. The van der Waals surface area contributed by atoms with E-state index in [-0.39, 0.29) is 36.4 Å². The van der Waals surface area contributed by atoms with Crippen LogP contribution in [0.5, 0.6) is 5.88 Å². The highest BCUT2D eigenvalue weighted by Crippen LogP contribution is 2.25. The van der Waals surface area contributed by atoms with E-state index < -0.39 is 5.82 Å². The maximum Gasteiger partial charge on any atom is 0.251 e. The van der Waals surface area contributed by atoms with Crippen molar-refractivity contribution in [2.24, 2.45) is 0 Å². The third-order valence-corrected chi connectivity index (χ3v) is 3.04. The highest BCUT2D eigenvalue weighted by Gasteiger charge is 2.27. The molecule has 2 unspecified atom stereocenters. The van der Waals surface area contributed by atoms with Crippen molar-refractivity contribution < 1.29 is 19.0 Å². The van der Waals surface area contributed by atoms with Gasteiger partial charge in [0.05, 0.1) is 18.8 Å². The second-order valence-electron chi connectivity index (χ2n) is 4.72. The number of pyridine rings is 1. The van der Waals surface area contributed by atoms with E-state index in [2.05, 4.69) is 4.98 Å². The molecule has 0 aromatic carbocycles. The van der Waals surface area contributed by atoms with Gasteiger partial charge >= 0.3 is 0 Å². The summed E-state index contributed by atoms with van der Waals surface area (Å²) < 4.78 is 25.0. The highest BCUT2D eigenvalue weighted by molar-refractivity contribution is 5.23. The van der Waals surface area contributed by atoms with Crippen LogP contribution in [0.15, 0.2) is 12.3 Å². The zero-order valence-corrected chi connectivity index (χ0v) is 10.6. The van der Waals surface area contributed by atoms with Gasteiger partial charge in [-0.2, -0.15) is 0 Å². The van der Waals surface area contributed by atoms with Gasteiger partial charge < -0.3 is 14.6 Å². The Morgan fingerprint density at radius 1 is 1.44 bits per heavy atom. The van der Waals surface area contributed by atoms with Crippen LogP contribution in [0.2, 0.25) is 0 Å². The van der Waals surface area contributed by atoms with Crippen molar-refractivity contribution in [2.75, 3.05) is 0 Å². The van der Waals surface area contributed by atoms with E-state index in [1.165, 1.54) is 12.3 Å². The van der Waals surface area contributed by atoms with Crippen LogP contribution < -0.4 is 4.74 Å². The van der Waals surface area contributed by atoms with Crippen molar-refractivity contribution >= 4 is 0 Å². The second kappa shape index (κ2) is 5.63. The van der Waals surface area contributed by atoms with Crippen LogP contribution in [0.1, 0.15) is 32.3 Å². The van der Waals surface area contributed by atoms with Gasteiger partial charge in [0.15, 0.2) is 5.82 Å². The van der Waals surface area contributed by atoms with Gasteiger partial charge in [0, 0.05) is 24.6 Å². The van der Waals surface area contributed by atoms with E-state index in [0.717, 1.165) is 12.8 Å².